The molecule has 0 radical (unpaired) electrons. The first-order valence-corrected chi connectivity index (χ1v) is 9.24. The zero-order valence-corrected chi connectivity index (χ0v) is 12.8. The summed E-state index contributed by atoms with van der Waals surface area (Å²) in [4.78, 5) is 12.1. The SMILES string of the molecule is CS(=O)(=O)NCCNC(=O)C1CC2CCCC(C1)C2N. The summed E-state index contributed by atoms with van der Waals surface area (Å²) in [6.07, 6.45) is 6.37. The maximum absolute atomic E-state index is 12.1. The third-order valence-electron chi connectivity index (χ3n) is 4.57. The van der Waals surface area contributed by atoms with Crippen molar-refractivity contribution in [2.45, 2.75) is 38.1 Å². The van der Waals surface area contributed by atoms with Gasteiger partial charge in [-0.05, 0) is 37.5 Å². The number of hydrogen-bond acceptors (Lipinski definition) is 4. The van der Waals surface area contributed by atoms with Crippen LogP contribution in [0, 0.1) is 17.8 Å². The Morgan fingerprint density at radius 3 is 2.35 bits per heavy atom. The molecule has 2 aliphatic carbocycles. The maximum atomic E-state index is 12.1. The van der Waals surface area contributed by atoms with Crippen LogP contribution in [0.1, 0.15) is 32.1 Å². The van der Waals surface area contributed by atoms with Crippen molar-refractivity contribution in [3.05, 3.63) is 0 Å². The molecule has 0 heterocycles. The Kier molecular flexibility index (Phi) is 5.04. The first kappa shape index (κ1) is 15.7. The predicted molar refractivity (Wildman–Crippen MR) is 77.4 cm³/mol. The normalized spacial score (nSPS) is 33.7. The third-order valence-corrected chi connectivity index (χ3v) is 5.30. The van der Waals surface area contributed by atoms with Crippen molar-refractivity contribution >= 4 is 15.9 Å². The van der Waals surface area contributed by atoms with Crippen LogP contribution in [0.3, 0.4) is 0 Å². The second-order valence-corrected chi connectivity index (χ2v) is 7.99. The smallest absolute Gasteiger partial charge is 0.223 e. The van der Waals surface area contributed by atoms with E-state index in [2.05, 4.69) is 10.0 Å². The second kappa shape index (κ2) is 6.41. The lowest BCUT2D eigenvalue weighted by Gasteiger charge is -2.43. The lowest BCUT2D eigenvalue weighted by atomic mass is 9.65. The summed E-state index contributed by atoms with van der Waals surface area (Å²) in [5.74, 6) is 1.05. The van der Waals surface area contributed by atoms with Crippen molar-refractivity contribution in [2.24, 2.45) is 23.5 Å². The molecule has 2 bridgehead atoms. The number of nitrogens with two attached hydrogens (primary N) is 1. The minimum atomic E-state index is -3.18. The summed E-state index contributed by atoms with van der Waals surface area (Å²) < 4.78 is 24.2. The monoisotopic (exact) mass is 303 g/mol. The first-order chi connectivity index (χ1) is 9.37. The molecule has 116 valence electrons. The van der Waals surface area contributed by atoms with Gasteiger partial charge in [-0.25, -0.2) is 13.1 Å². The topological polar surface area (TPSA) is 101 Å². The minimum Gasteiger partial charge on any atom is -0.355 e. The predicted octanol–water partition coefficient (Wildman–Crippen LogP) is -0.195. The summed E-state index contributed by atoms with van der Waals surface area (Å²) in [7, 11) is -3.18. The van der Waals surface area contributed by atoms with Gasteiger partial charge in [0.2, 0.25) is 15.9 Å². The average Bonchev–Trinajstić information content (AvgIpc) is 2.33. The van der Waals surface area contributed by atoms with Crippen LogP contribution in [0.25, 0.3) is 0 Å². The van der Waals surface area contributed by atoms with Crippen LogP contribution in [0.2, 0.25) is 0 Å². The zero-order chi connectivity index (χ0) is 14.8. The van der Waals surface area contributed by atoms with Crippen LogP contribution < -0.4 is 15.8 Å². The van der Waals surface area contributed by atoms with E-state index in [0.717, 1.165) is 31.9 Å². The van der Waals surface area contributed by atoms with Crippen molar-refractivity contribution in [1.82, 2.24) is 10.0 Å². The molecule has 2 aliphatic rings. The van der Waals surface area contributed by atoms with Gasteiger partial charge in [0.1, 0.15) is 0 Å². The number of amides is 1. The van der Waals surface area contributed by atoms with Gasteiger partial charge in [-0.3, -0.25) is 4.79 Å². The Morgan fingerprint density at radius 2 is 1.80 bits per heavy atom. The van der Waals surface area contributed by atoms with E-state index in [1.54, 1.807) is 0 Å². The largest absolute Gasteiger partial charge is 0.355 e. The maximum Gasteiger partial charge on any atom is 0.223 e. The van der Waals surface area contributed by atoms with E-state index in [9.17, 15) is 13.2 Å². The summed E-state index contributed by atoms with van der Waals surface area (Å²) in [5.41, 5.74) is 6.21. The van der Waals surface area contributed by atoms with Crippen molar-refractivity contribution in [1.29, 1.82) is 0 Å². The average molecular weight is 303 g/mol. The number of carbonyl (C=O) groups excluding carboxylic acids is 1. The molecule has 0 aromatic heterocycles. The van der Waals surface area contributed by atoms with Gasteiger partial charge in [-0.1, -0.05) is 6.42 Å². The number of rotatable bonds is 5. The Hall–Kier alpha value is -0.660. The van der Waals surface area contributed by atoms with Gasteiger partial charge >= 0.3 is 0 Å². The molecule has 2 rings (SSSR count). The Bertz CT molecular complexity index is 438. The number of carbonyl (C=O) groups is 1. The van der Waals surface area contributed by atoms with Crippen LogP contribution in [-0.4, -0.2) is 39.7 Å². The van der Waals surface area contributed by atoms with Crippen molar-refractivity contribution in [3.8, 4) is 0 Å². The summed E-state index contributed by atoms with van der Waals surface area (Å²) in [6.45, 7) is 0.577. The third kappa shape index (κ3) is 4.17. The summed E-state index contributed by atoms with van der Waals surface area (Å²) in [6, 6.07) is 0.264. The van der Waals surface area contributed by atoms with E-state index in [-0.39, 0.29) is 24.4 Å². The molecule has 2 saturated carbocycles. The molecule has 4 N–H and O–H groups in total. The molecule has 6 nitrogen and oxygen atoms in total. The number of fused-ring (bicyclic) bond motifs is 2. The van der Waals surface area contributed by atoms with Gasteiger partial charge in [-0.15, -0.1) is 0 Å². The molecule has 2 atom stereocenters. The quantitative estimate of drug-likeness (QED) is 0.612. The van der Waals surface area contributed by atoms with Gasteiger partial charge in [-0.2, -0.15) is 0 Å². The van der Waals surface area contributed by atoms with E-state index in [4.69, 9.17) is 5.73 Å². The molecule has 7 heteroatoms. The molecule has 2 unspecified atom stereocenters. The highest BCUT2D eigenvalue weighted by atomic mass is 32.2. The van der Waals surface area contributed by atoms with Crippen LogP contribution >= 0.6 is 0 Å². The Morgan fingerprint density at radius 1 is 1.20 bits per heavy atom. The highest BCUT2D eigenvalue weighted by Crippen LogP contribution is 2.41. The van der Waals surface area contributed by atoms with Crippen LogP contribution in [-0.2, 0) is 14.8 Å². The lowest BCUT2D eigenvalue weighted by molar-refractivity contribution is -0.127. The Balaban J connectivity index is 1.76. The summed E-state index contributed by atoms with van der Waals surface area (Å²) >= 11 is 0. The van der Waals surface area contributed by atoms with E-state index in [0.29, 0.717) is 18.4 Å². The van der Waals surface area contributed by atoms with Gasteiger partial charge in [0.25, 0.3) is 0 Å². The fraction of sp³-hybridized carbons (Fsp3) is 0.923. The molecule has 1 amide bonds. The molecule has 0 aromatic carbocycles. The summed E-state index contributed by atoms with van der Waals surface area (Å²) in [5, 5.41) is 2.82. The van der Waals surface area contributed by atoms with Crippen molar-refractivity contribution in [3.63, 3.8) is 0 Å². The highest BCUT2D eigenvalue weighted by molar-refractivity contribution is 7.88. The number of hydrogen-bond donors (Lipinski definition) is 3. The van der Waals surface area contributed by atoms with Gasteiger partial charge in [0, 0.05) is 25.0 Å². The molecule has 0 saturated heterocycles. The number of nitrogens with one attached hydrogen (secondary N) is 2. The Labute approximate surface area is 120 Å². The lowest BCUT2D eigenvalue weighted by Crippen LogP contribution is -2.49. The van der Waals surface area contributed by atoms with Crippen molar-refractivity contribution in [2.75, 3.05) is 19.3 Å². The van der Waals surface area contributed by atoms with Gasteiger partial charge < -0.3 is 11.1 Å². The molecule has 0 aromatic rings. The standard InChI is InChI=1S/C13H25N3O3S/c1-20(18,19)16-6-5-15-13(17)11-7-9-3-2-4-10(8-11)12(9)14/h9-12,16H,2-8,14H2,1H3,(H,15,17). The van der Waals surface area contributed by atoms with Crippen molar-refractivity contribution < 1.29 is 13.2 Å². The zero-order valence-electron chi connectivity index (χ0n) is 12.0. The fourth-order valence-corrected chi connectivity index (χ4v) is 4.04. The van der Waals surface area contributed by atoms with E-state index < -0.39 is 10.0 Å². The molecule has 0 spiro atoms. The molecule has 2 fully saturated rings. The van der Waals surface area contributed by atoms with E-state index in [1.165, 1.54) is 6.42 Å². The molecular weight excluding hydrogens is 278 g/mol. The van der Waals surface area contributed by atoms with Crippen LogP contribution in [0.4, 0.5) is 0 Å². The van der Waals surface area contributed by atoms with Crippen LogP contribution in [0.5, 0.6) is 0 Å². The first-order valence-electron chi connectivity index (χ1n) is 7.35. The van der Waals surface area contributed by atoms with Gasteiger partial charge in [0.05, 0.1) is 6.26 Å². The second-order valence-electron chi connectivity index (χ2n) is 6.15. The van der Waals surface area contributed by atoms with E-state index >= 15 is 0 Å². The highest BCUT2D eigenvalue weighted by Gasteiger charge is 2.40. The van der Waals surface area contributed by atoms with E-state index in [1.807, 2.05) is 0 Å². The molecular formula is C13H25N3O3S. The minimum absolute atomic E-state index is 0.0448. The molecule has 0 aliphatic heterocycles. The number of sulfonamides is 1. The van der Waals surface area contributed by atoms with Gasteiger partial charge in [0.15, 0.2) is 0 Å². The fourth-order valence-electron chi connectivity index (χ4n) is 3.57. The molecule has 20 heavy (non-hydrogen) atoms. The van der Waals surface area contributed by atoms with Crippen LogP contribution in [0.15, 0.2) is 0 Å².